The first-order valence-corrected chi connectivity index (χ1v) is 6.15. The second-order valence-electron chi connectivity index (χ2n) is 3.18. The number of ether oxygens (including phenoxy) is 1. The maximum Gasteiger partial charge on any atom is 0.446 e. The molecule has 1 rings (SSSR count). The van der Waals surface area contributed by atoms with Crippen molar-refractivity contribution in [3.8, 4) is 6.07 Å². The number of hydrogen-bond acceptors (Lipinski definition) is 4. The van der Waals surface area contributed by atoms with Gasteiger partial charge in [-0.3, -0.25) is 0 Å². The van der Waals surface area contributed by atoms with Crippen molar-refractivity contribution in [3.05, 3.63) is 28.3 Å². The van der Waals surface area contributed by atoms with Gasteiger partial charge in [0, 0.05) is 4.90 Å². The highest BCUT2D eigenvalue weighted by atomic mass is 35.5. The van der Waals surface area contributed by atoms with E-state index in [-0.39, 0.29) is 17.2 Å². The van der Waals surface area contributed by atoms with Gasteiger partial charge in [-0.1, -0.05) is 11.6 Å². The van der Waals surface area contributed by atoms with E-state index >= 15 is 0 Å². The number of nitriles is 1. The minimum Gasteiger partial charge on any atom is -0.462 e. The summed E-state index contributed by atoms with van der Waals surface area (Å²) in [5.74, 6) is -0.989. The van der Waals surface area contributed by atoms with Crippen molar-refractivity contribution >= 4 is 29.3 Å². The number of alkyl halides is 3. The van der Waals surface area contributed by atoms with Gasteiger partial charge in [0.05, 0.1) is 22.8 Å². The normalized spacial score (nSPS) is 10.9. The van der Waals surface area contributed by atoms with Crippen LogP contribution in [0.25, 0.3) is 0 Å². The minimum absolute atomic E-state index is 0.0118. The van der Waals surface area contributed by atoms with Crippen molar-refractivity contribution in [3.63, 3.8) is 0 Å². The second kappa shape index (κ2) is 6.17. The van der Waals surface area contributed by atoms with Gasteiger partial charge in [0.2, 0.25) is 0 Å². The Kier molecular flexibility index (Phi) is 5.09. The zero-order chi connectivity index (χ0) is 14.6. The molecule has 1 aromatic rings. The molecule has 0 saturated carbocycles. The second-order valence-corrected chi connectivity index (χ2v) is 4.66. The lowest BCUT2D eigenvalue weighted by Crippen LogP contribution is -2.10. The van der Waals surface area contributed by atoms with Crippen molar-refractivity contribution in [2.75, 3.05) is 6.61 Å². The molecule has 0 bridgehead atoms. The zero-order valence-corrected chi connectivity index (χ0v) is 11.1. The van der Waals surface area contributed by atoms with E-state index in [4.69, 9.17) is 16.9 Å². The number of carbonyl (C=O) groups excluding carboxylic acids is 1. The van der Waals surface area contributed by atoms with Gasteiger partial charge in [-0.25, -0.2) is 4.79 Å². The number of hydrogen-bond donors (Lipinski definition) is 0. The third-order valence-electron chi connectivity index (χ3n) is 1.92. The standard InChI is InChI=1S/C11H7ClF3NO2S/c1-2-18-10(17)8-7(12)4-3-6(5-16)9(8)19-11(13,14)15/h3-4H,2H2,1H3. The van der Waals surface area contributed by atoms with Gasteiger partial charge in [-0.05, 0) is 30.8 Å². The molecular formula is C11H7ClF3NO2S. The molecule has 0 radical (unpaired) electrons. The highest BCUT2D eigenvalue weighted by Gasteiger charge is 2.34. The summed E-state index contributed by atoms with van der Waals surface area (Å²) in [5, 5.41) is 8.63. The number of rotatable bonds is 3. The SMILES string of the molecule is CCOC(=O)c1c(Cl)ccc(C#N)c1SC(F)(F)F. The van der Waals surface area contributed by atoms with Crippen LogP contribution in [0, 0.1) is 11.3 Å². The van der Waals surface area contributed by atoms with Crippen LogP contribution in [-0.4, -0.2) is 18.1 Å². The number of nitrogens with zero attached hydrogens (tertiary/aromatic N) is 1. The Morgan fingerprint density at radius 2 is 2.16 bits per heavy atom. The van der Waals surface area contributed by atoms with Gasteiger partial charge in [-0.2, -0.15) is 18.4 Å². The van der Waals surface area contributed by atoms with Crippen LogP contribution in [0.5, 0.6) is 0 Å². The van der Waals surface area contributed by atoms with Crippen LogP contribution in [-0.2, 0) is 4.74 Å². The molecule has 8 heteroatoms. The summed E-state index contributed by atoms with van der Waals surface area (Å²) >= 11 is 5.17. The zero-order valence-electron chi connectivity index (χ0n) is 9.55. The summed E-state index contributed by atoms with van der Waals surface area (Å²) in [4.78, 5) is 11.1. The number of carbonyl (C=O) groups is 1. The van der Waals surface area contributed by atoms with E-state index in [9.17, 15) is 18.0 Å². The van der Waals surface area contributed by atoms with Crippen LogP contribution in [0.2, 0.25) is 5.02 Å². The number of esters is 1. The lowest BCUT2D eigenvalue weighted by atomic mass is 10.1. The average Bonchev–Trinajstić information content (AvgIpc) is 2.27. The molecule has 0 unspecified atom stereocenters. The Hall–Kier alpha value is -1.39. The van der Waals surface area contributed by atoms with E-state index in [1.54, 1.807) is 6.07 Å². The largest absolute Gasteiger partial charge is 0.462 e. The van der Waals surface area contributed by atoms with E-state index in [0.29, 0.717) is 0 Å². The van der Waals surface area contributed by atoms with Crippen LogP contribution < -0.4 is 0 Å². The molecule has 0 fully saturated rings. The molecule has 0 spiro atoms. The highest BCUT2D eigenvalue weighted by Crippen LogP contribution is 2.42. The quantitative estimate of drug-likeness (QED) is 0.625. The van der Waals surface area contributed by atoms with Crippen LogP contribution in [0.3, 0.4) is 0 Å². The molecule has 0 saturated heterocycles. The molecule has 0 heterocycles. The molecule has 0 N–H and O–H groups in total. The van der Waals surface area contributed by atoms with Crippen LogP contribution >= 0.6 is 23.4 Å². The van der Waals surface area contributed by atoms with Crippen LogP contribution in [0.1, 0.15) is 22.8 Å². The van der Waals surface area contributed by atoms with E-state index in [1.807, 2.05) is 0 Å². The van der Waals surface area contributed by atoms with Crippen LogP contribution in [0.4, 0.5) is 13.2 Å². The monoisotopic (exact) mass is 309 g/mol. The summed E-state index contributed by atoms with van der Waals surface area (Å²) in [6.07, 6.45) is 0. The smallest absolute Gasteiger partial charge is 0.446 e. The molecule has 1 aromatic carbocycles. The van der Waals surface area contributed by atoms with Crippen molar-refractivity contribution in [2.24, 2.45) is 0 Å². The molecule has 19 heavy (non-hydrogen) atoms. The first-order chi connectivity index (χ1) is 8.80. The fraction of sp³-hybridized carbons (Fsp3) is 0.273. The number of halogens is 4. The molecule has 0 atom stereocenters. The van der Waals surface area contributed by atoms with Gasteiger partial charge < -0.3 is 4.74 Å². The summed E-state index contributed by atoms with van der Waals surface area (Å²) in [5.41, 5.74) is -5.36. The minimum atomic E-state index is -4.64. The summed E-state index contributed by atoms with van der Waals surface area (Å²) in [6, 6.07) is 3.91. The lowest BCUT2D eigenvalue weighted by Gasteiger charge is -2.13. The number of thioether (sulfide) groups is 1. The molecule has 0 aromatic heterocycles. The topological polar surface area (TPSA) is 50.1 Å². The van der Waals surface area contributed by atoms with E-state index in [1.165, 1.54) is 13.0 Å². The fourth-order valence-corrected chi connectivity index (χ4v) is 2.30. The molecule has 0 amide bonds. The summed E-state index contributed by atoms with van der Waals surface area (Å²) in [7, 11) is 0. The Morgan fingerprint density at radius 3 is 2.63 bits per heavy atom. The first kappa shape index (κ1) is 15.7. The van der Waals surface area contributed by atoms with E-state index < -0.39 is 33.7 Å². The molecule has 0 aliphatic carbocycles. The Balaban J connectivity index is 3.42. The Labute approximate surface area is 116 Å². The average molecular weight is 310 g/mol. The molecule has 3 nitrogen and oxygen atoms in total. The van der Waals surface area contributed by atoms with E-state index in [2.05, 4.69) is 4.74 Å². The number of benzene rings is 1. The van der Waals surface area contributed by atoms with Gasteiger partial charge in [-0.15, -0.1) is 0 Å². The third-order valence-corrected chi connectivity index (χ3v) is 3.10. The van der Waals surface area contributed by atoms with Crippen molar-refractivity contribution < 1.29 is 22.7 Å². The van der Waals surface area contributed by atoms with Gasteiger partial charge >= 0.3 is 11.5 Å². The molecule has 0 aliphatic rings. The van der Waals surface area contributed by atoms with Crippen molar-refractivity contribution in [2.45, 2.75) is 17.3 Å². The van der Waals surface area contributed by atoms with Gasteiger partial charge in [0.25, 0.3) is 0 Å². The molecule has 102 valence electrons. The van der Waals surface area contributed by atoms with E-state index in [0.717, 1.165) is 6.07 Å². The summed E-state index contributed by atoms with van der Waals surface area (Å²) in [6.45, 7) is 1.50. The predicted molar refractivity (Wildman–Crippen MR) is 64.0 cm³/mol. The van der Waals surface area contributed by atoms with Crippen LogP contribution in [0.15, 0.2) is 17.0 Å². The Morgan fingerprint density at radius 1 is 1.53 bits per heavy atom. The first-order valence-electron chi connectivity index (χ1n) is 4.95. The third kappa shape index (κ3) is 4.04. The lowest BCUT2D eigenvalue weighted by molar-refractivity contribution is -0.0328. The maximum absolute atomic E-state index is 12.5. The van der Waals surface area contributed by atoms with Crippen molar-refractivity contribution in [1.29, 1.82) is 5.26 Å². The van der Waals surface area contributed by atoms with Gasteiger partial charge in [0.15, 0.2) is 0 Å². The Bertz CT molecular complexity index is 540. The fourth-order valence-electron chi connectivity index (χ4n) is 1.26. The van der Waals surface area contributed by atoms with Crippen molar-refractivity contribution in [1.82, 2.24) is 0 Å². The predicted octanol–water partition coefficient (Wildman–Crippen LogP) is 4.00. The summed E-state index contributed by atoms with van der Waals surface area (Å²) < 4.78 is 42.1. The highest BCUT2D eigenvalue weighted by molar-refractivity contribution is 8.00. The molecular weight excluding hydrogens is 303 g/mol. The molecule has 0 aliphatic heterocycles. The van der Waals surface area contributed by atoms with Gasteiger partial charge in [0.1, 0.15) is 6.07 Å². The maximum atomic E-state index is 12.5.